The van der Waals surface area contributed by atoms with Crippen LogP contribution in [0.5, 0.6) is 0 Å². The molecule has 0 aliphatic carbocycles. The fraction of sp³-hybridized carbons (Fsp3) is 0.900. The molecule has 0 spiro atoms. The van der Waals surface area contributed by atoms with E-state index in [0.29, 0.717) is 18.4 Å². The van der Waals surface area contributed by atoms with Gasteiger partial charge < -0.3 is 10.6 Å². The zero-order valence-electron chi connectivity index (χ0n) is 8.79. The minimum Gasteiger partial charge on any atom is -0.338 e. The summed E-state index contributed by atoms with van der Waals surface area (Å²) in [5, 5.41) is 0. The molecule has 3 heteroatoms. The molecule has 2 N–H and O–H groups in total. The summed E-state index contributed by atoms with van der Waals surface area (Å²) in [6, 6.07) is 0.432. The average molecular weight is 184 g/mol. The molecule has 3 nitrogen and oxygen atoms in total. The summed E-state index contributed by atoms with van der Waals surface area (Å²) in [5.41, 5.74) is 5.75. The molecule has 1 aliphatic heterocycles. The van der Waals surface area contributed by atoms with Crippen molar-refractivity contribution in [1.82, 2.24) is 4.90 Å². The normalized spacial score (nSPS) is 25.8. The molecular formula is C10H20N2O. The Kier molecular flexibility index (Phi) is 3.31. The second-order valence-electron chi connectivity index (χ2n) is 4.23. The number of carbonyl (C=O) groups excluding carboxylic acids is 1. The zero-order valence-corrected chi connectivity index (χ0v) is 8.79. The van der Waals surface area contributed by atoms with Crippen LogP contribution in [0.4, 0.5) is 0 Å². The van der Waals surface area contributed by atoms with Crippen LogP contribution in [-0.4, -0.2) is 29.4 Å². The van der Waals surface area contributed by atoms with E-state index in [2.05, 4.69) is 20.8 Å². The first-order valence-electron chi connectivity index (χ1n) is 5.11. The van der Waals surface area contributed by atoms with Crippen LogP contribution in [0.1, 0.15) is 33.6 Å². The van der Waals surface area contributed by atoms with Crippen LogP contribution in [-0.2, 0) is 4.79 Å². The summed E-state index contributed by atoms with van der Waals surface area (Å²) < 4.78 is 0. The number of likely N-dealkylation sites (tertiary alicyclic amines) is 1. The lowest BCUT2D eigenvalue weighted by Crippen LogP contribution is -2.40. The van der Waals surface area contributed by atoms with Gasteiger partial charge in [-0.05, 0) is 12.3 Å². The number of amides is 1. The molecule has 0 radical (unpaired) electrons. The van der Waals surface area contributed by atoms with Crippen LogP contribution >= 0.6 is 0 Å². The van der Waals surface area contributed by atoms with Crippen molar-refractivity contribution in [2.75, 3.05) is 6.54 Å². The lowest BCUT2D eigenvalue weighted by atomic mass is 10.0. The van der Waals surface area contributed by atoms with Crippen LogP contribution in [0.2, 0.25) is 0 Å². The van der Waals surface area contributed by atoms with E-state index in [1.165, 1.54) is 0 Å². The van der Waals surface area contributed by atoms with Crippen molar-refractivity contribution in [3.05, 3.63) is 0 Å². The molecule has 1 rings (SSSR count). The standard InChI is InChI=1S/C10H20N2O/c1-4-9(7(2)3)12-6-8(11)5-10(12)13/h7-9H,4-6,11H2,1-3H3. The van der Waals surface area contributed by atoms with E-state index < -0.39 is 0 Å². The van der Waals surface area contributed by atoms with Crippen LogP contribution in [0.25, 0.3) is 0 Å². The van der Waals surface area contributed by atoms with Gasteiger partial charge in [0, 0.05) is 25.0 Å². The van der Waals surface area contributed by atoms with Gasteiger partial charge in [-0.1, -0.05) is 20.8 Å². The quantitative estimate of drug-likeness (QED) is 0.710. The number of rotatable bonds is 3. The van der Waals surface area contributed by atoms with Crippen LogP contribution < -0.4 is 5.73 Å². The van der Waals surface area contributed by atoms with Gasteiger partial charge in [0.15, 0.2) is 0 Å². The Morgan fingerprint density at radius 1 is 1.62 bits per heavy atom. The summed E-state index contributed by atoms with van der Waals surface area (Å²) in [4.78, 5) is 13.5. The summed E-state index contributed by atoms with van der Waals surface area (Å²) in [6.45, 7) is 7.19. The molecule has 0 aromatic carbocycles. The molecule has 0 aromatic heterocycles. The fourth-order valence-corrected chi connectivity index (χ4v) is 2.13. The van der Waals surface area contributed by atoms with E-state index >= 15 is 0 Å². The highest BCUT2D eigenvalue weighted by Crippen LogP contribution is 2.20. The minimum atomic E-state index is 0.0558. The summed E-state index contributed by atoms with van der Waals surface area (Å²) in [5.74, 6) is 0.757. The Bertz CT molecular complexity index is 191. The van der Waals surface area contributed by atoms with Crippen molar-refractivity contribution in [3.8, 4) is 0 Å². The van der Waals surface area contributed by atoms with E-state index in [0.717, 1.165) is 13.0 Å². The number of nitrogens with two attached hydrogens (primary N) is 1. The molecule has 0 bridgehead atoms. The van der Waals surface area contributed by atoms with Gasteiger partial charge in [-0.25, -0.2) is 0 Å². The maximum atomic E-state index is 11.5. The van der Waals surface area contributed by atoms with Gasteiger partial charge in [-0.3, -0.25) is 4.79 Å². The number of hydrogen-bond acceptors (Lipinski definition) is 2. The average Bonchev–Trinajstić information content (AvgIpc) is 2.31. The van der Waals surface area contributed by atoms with Crippen molar-refractivity contribution >= 4 is 5.91 Å². The predicted molar refractivity (Wildman–Crippen MR) is 53.2 cm³/mol. The van der Waals surface area contributed by atoms with Crippen LogP contribution in [0.15, 0.2) is 0 Å². The summed E-state index contributed by atoms with van der Waals surface area (Å²) in [6.07, 6.45) is 1.55. The topological polar surface area (TPSA) is 46.3 Å². The van der Waals surface area contributed by atoms with Gasteiger partial charge in [-0.2, -0.15) is 0 Å². The molecule has 1 amide bonds. The van der Waals surface area contributed by atoms with Crippen molar-refractivity contribution in [3.63, 3.8) is 0 Å². The first-order valence-corrected chi connectivity index (χ1v) is 5.11. The van der Waals surface area contributed by atoms with Gasteiger partial charge in [0.1, 0.15) is 0 Å². The third kappa shape index (κ3) is 2.21. The monoisotopic (exact) mass is 184 g/mol. The van der Waals surface area contributed by atoms with Crippen molar-refractivity contribution in [2.45, 2.75) is 45.7 Å². The van der Waals surface area contributed by atoms with E-state index in [9.17, 15) is 4.79 Å². The Labute approximate surface area is 80.3 Å². The van der Waals surface area contributed by atoms with E-state index in [1.807, 2.05) is 4.90 Å². The number of nitrogens with zero attached hydrogens (tertiary/aromatic N) is 1. The molecule has 0 aromatic rings. The smallest absolute Gasteiger partial charge is 0.224 e. The molecule has 76 valence electrons. The molecular weight excluding hydrogens is 164 g/mol. The summed E-state index contributed by atoms with van der Waals surface area (Å²) >= 11 is 0. The van der Waals surface area contributed by atoms with Crippen LogP contribution in [0.3, 0.4) is 0 Å². The van der Waals surface area contributed by atoms with E-state index in [4.69, 9.17) is 5.73 Å². The first-order chi connectivity index (χ1) is 6.06. The van der Waals surface area contributed by atoms with Gasteiger partial charge >= 0.3 is 0 Å². The predicted octanol–water partition coefficient (Wildman–Crippen LogP) is 0.981. The highest BCUT2D eigenvalue weighted by molar-refractivity contribution is 5.79. The maximum Gasteiger partial charge on any atom is 0.224 e. The molecule has 2 atom stereocenters. The fourth-order valence-electron chi connectivity index (χ4n) is 2.13. The molecule has 1 fully saturated rings. The van der Waals surface area contributed by atoms with Gasteiger partial charge in [0.05, 0.1) is 0 Å². The number of carbonyl (C=O) groups is 1. The van der Waals surface area contributed by atoms with Crippen molar-refractivity contribution in [2.24, 2.45) is 11.7 Å². The highest BCUT2D eigenvalue weighted by atomic mass is 16.2. The molecule has 0 saturated carbocycles. The lowest BCUT2D eigenvalue weighted by molar-refractivity contribution is -0.130. The molecule has 2 unspecified atom stereocenters. The van der Waals surface area contributed by atoms with Gasteiger partial charge in [0.25, 0.3) is 0 Å². The van der Waals surface area contributed by atoms with Gasteiger partial charge in [0.2, 0.25) is 5.91 Å². The third-order valence-electron chi connectivity index (χ3n) is 2.78. The summed E-state index contributed by atoms with van der Waals surface area (Å²) in [7, 11) is 0. The Morgan fingerprint density at radius 3 is 2.54 bits per heavy atom. The number of hydrogen-bond donors (Lipinski definition) is 1. The van der Waals surface area contributed by atoms with Crippen molar-refractivity contribution < 1.29 is 4.79 Å². The highest BCUT2D eigenvalue weighted by Gasteiger charge is 2.32. The maximum absolute atomic E-state index is 11.5. The largest absolute Gasteiger partial charge is 0.338 e. The second kappa shape index (κ2) is 4.09. The first kappa shape index (κ1) is 10.5. The molecule has 1 aliphatic rings. The van der Waals surface area contributed by atoms with E-state index in [1.54, 1.807) is 0 Å². The lowest BCUT2D eigenvalue weighted by Gasteiger charge is -2.30. The van der Waals surface area contributed by atoms with Crippen LogP contribution in [0, 0.1) is 5.92 Å². The molecule has 1 saturated heterocycles. The van der Waals surface area contributed by atoms with Gasteiger partial charge in [-0.15, -0.1) is 0 Å². The zero-order chi connectivity index (χ0) is 10.0. The molecule has 1 heterocycles. The van der Waals surface area contributed by atoms with E-state index in [-0.39, 0.29) is 11.9 Å². The molecule has 13 heavy (non-hydrogen) atoms. The second-order valence-corrected chi connectivity index (χ2v) is 4.23. The Balaban J connectivity index is 2.64. The Hall–Kier alpha value is -0.570. The Morgan fingerprint density at radius 2 is 2.23 bits per heavy atom. The van der Waals surface area contributed by atoms with Crippen molar-refractivity contribution in [1.29, 1.82) is 0 Å². The third-order valence-corrected chi connectivity index (χ3v) is 2.78. The SMILES string of the molecule is CCC(C(C)C)N1CC(N)CC1=O. The minimum absolute atomic E-state index is 0.0558.